The van der Waals surface area contributed by atoms with Crippen LogP contribution in [0.5, 0.6) is 17.2 Å². The molecule has 2 N–H and O–H groups in total. The number of halogens is 1. The maximum Gasteiger partial charge on any atom is 0.249 e. The summed E-state index contributed by atoms with van der Waals surface area (Å²) in [5.41, 5.74) is 4.00. The zero-order valence-corrected chi connectivity index (χ0v) is 18.6. The summed E-state index contributed by atoms with van der Waals surface area (Å²) in [4.78, 5) is 23.8. The highest BCUT2D eigenvalue weighted by atomic mass is 79.9. The van der Waals surface area contributed by atoms with Crippen LogP contribution in [0.2, 0.25) is 0 Å². The van der Waals surface area contributed by atoms with E-state index in [1.54, 1.807) is 33.5 Å². The first-order valence-corrected chi connectivity index (χ1v) is 9.89. The number of carbonyl (C=O) groups excluding carboxylic acids is 2. The second-order valence-corrected chi connectivity index (χ2v) is 7.06. The lowest BCUT2D eigenvalue weighted by molar-refractivity contribution is -0.129. The van der Waals surface area contributed by atoms with E-state index in [1.807, 2.05) is 24.3 Å². The number of hydrazone groups is 1. The number of carbonyl (C=O) groups is 2. The van der Waals surface area contributed by atoms with E-state index in [1.165, 1.54) is 6.21 Å². The molecule has 0 heterocycles. The minimum Gasteiger partial charge on any atom is -0.496 e. The van der Waals surface area contributed by atoms with Crippen molar-refractivity contribution in [1.82, 2.24) is 10.7 Å². The fourth-order valence-electron chi connectivity index (χ4n) is 2.61. The number of nitrogens with zero attached hydrogens (tertiary/aromatic N) is 1. The van der Waals surface area contributed by atoms with Gasteiger partial charge in [-0.2, -0.15) is 5.10 Å². The largest absolute Gasteiger partial charge is 0.496 e. The molecule has 0 saturated carbocycles. The van der Waals surface area contributed by atoms with Crippen LogP contribution in [0.1, 0.15) is 17.5 Å². The zero-order chi connectivity index (χ0) is 21.9. The average Bonchev–Trinajstić information content (AvgIpc) is 2.73. The molecule has 0 atom stereocenters. The van der Waals surface area contributed by atoms with Crippen LogP contribution in [0, 0.1) is 0 Å². The molecular weight excluding hydrogens is 454 g/mol. The van der Waals surface area contributed by atoms with Crippen molar-refractivity contribution in [2.75, 3.05) is 27.9 Å². The number of hydrogen-bond donors (Lipinski definition) is 2. The van der Waals surface area contributed by atoms with Gasteiger partial charge in [0.05, 0.1) is 27.5 Å². The van der Waals surface area contributed by atoms with Gasteiger partial charge in [-0.3, -0.25) is 9.59 Å². The topological polar surface area (TPSA) is 98.2 Å². The minimum absolute atomic E-state index is 0.321. The van der Waals surface area contributed by atoms with Crippen molar-refractivity contribution in [1.29, 1.82) is 0 Å². The molecule has 0 aliphatic rings. The van der Waals surface area contributed by atoms with Crippen molar-refractivity contribution in [2.45, 2.75) is 12.8 Å². The summed E-state index contributed by atoms with van der Waals surface area (Å²) in [6.07, 6.45) is 1.73. The van der Waals surface area contributed by atoms with Gasteiger partial charge >= 0.3 is 0 Å². The zero-order valence-electron chi connectivity index (χ0n) is 17.0. The SMILES string of the molecule is COc1ccc(Br)cc1/C=N\NC(=O)CC(=O)NCCc1ccc(OC)c(OC)c1. The molecule has 2 aromatic rings. The Bertz CT molecular complexity index is 918. The summed E-state index contributed by atoms with van der Waals surface area (Å²) in [6.45, 7) is 0.389. The van der Waals surface area contributed by atoms with E-state index in [2.05, 4.69) is 31.8 Å². The Labute approximate surface area is 183 Å². The molecule has 30 heavy (non-hydrogen) atoms. The van der Waals surface area contributed by atoms with E-state index < -0.39 is 5.91 Å². The van der Waals surface area contributed by atoms with E-state index in [0.29, 0.717) is 35.8 Å². The lowest BCUT2D eigenvalue weighted by Gasteiger charge is -2.10. The Balaban J connectivity index is 1.77. The van der Waals surface area contributed by atoms with Crippen LogP contribution in [-0.2, 0) is 16.0 Å². The molecule has 0 bridgehead atoms. The Morgan fingerprint density at radius 2 is 1.67 bits per heavy atom. The van der Waals surface area contributed by atoms with Crippen LogP contribution in [0.3, 0.4) is 0 Å². The van der Waals surface area contributed by atoms with Crippen LogP contribution in [0.4, 0.5) is 0 Å². The highest BCUT2D eigenvalue weighted by Gasteiger charge is 2.09. The second kappa shape index (κ2) is 11.8. The van der Waals surface area contributed by atoms with Gasteiger partial charge in [-0.1, -0.05) is 22.0 Å². The maximum absolute atomic E-state index is 12.0. The van der Waals surface area contributed by atoms with Crippen molar-refractivity contribution < 1.29 is 23.8 Å². The van der Waals surface area contributed by atoms with Crippen molar-refractivity contribution in [2.24, 2.45) is 5.10 Å². The van der Waals surface area contributed by atoms with Crippen LogP contribution >= 0.6 is 15.9 Å². The number of amides is 2. The van der Waals surface area contributed by atoms with Gasteiger partial charge in [0.25, 0.3) is 0 Å². The standard InChI is InChI=1S/C21H24BrN3O5/c1-28-17-7-5-16(22)11-15(17)13-24-25-21(27)12-20(26)23-9-8-14-4-6-18(29-2)19(10-14)30-3/h4-7,10-11,13H,8-9,12H2,1-3H3,(H,23,26)(H,25,27)/b24-13-. The number of nitrogens with one attached hydrogen (secondary N) is 2. The smallest absolute Gasteiger partial charge is 0.249 e. The molecule has 8 nitrogen and oxygen atoms in total. The Hall–Kier alpha value is -3.07. The number of rotatable bonds is 10. The van der Waals surface area contributed by atoms with E-state index in [0.717, 1.165) is 10.0 Å². The molecule has 0 fully saturated rings. The molecule has 2 amide bonds. The third-order valence-corrected chi connectivity index (χ3v) is 4.58. The molecule has 2 aromatic carbocycles. The predicted octanol–water partition coefficient (Wildman–Crippen LogP) is 2.67. The Morgan fingerprint density at radius 3 is 2.37 bits per heavy atom. The molecule has 160 valence electrons. The molecule has 0 saturated heterocycles. The molecule has 9 heteroatoms. The van der Waals surface area contributed by atoms with Gasteiger partial charge in [-0.15, -0.1) is 0 Å². The summed E-state index contributed by atoms with van der Waals surface area (Å²) >= 11 is 3.36. The van der Waals surface area contributed by atoms with Crippen molar-refractivity contribution in [3.63, 3.8) is 0 Å². The van der Waals surface area contributed by atoms with Gasteiger partial charge in [0, 0.05) is 16.6 Å². The summed E-state index contributed by atoms with van der Waals surface area (Å²) in [5, 5.41) is 6.59. The van der Waals surface area contributed by atoms with E-state index in [9.17, 15) is 9.59 Å². The predicted molar refractivity (Wildman–Crippen MR) is 117 cm³/mol. The lowest BCUT2D eigenvalue weighted by atomic mass is 10.1. The molecular formula is C21H24BrN3O5. The summed E-state index contributed by atoms with van der Waals surface area (Å²) < 4.78 is 16.5. The monoisotopic (exact) mass is 477 g/mol. The fourth-order valence-corrected chi connectivity index (χ4v) is 2.99. The third kappa shape index (κ3) is 7.07. The summed E-state index contributed by atoms with van der Waals surface area (Å²) in [5.74, 6) is 0.986. The minimum atomic E-state index is -0.510. The number of methoxy groups -OCH3 is 3. The molecule has 0 aliphatic heterocycles. The first-order valence-electron chi connectivity index (χ1n) is 9.10. The van der Waals surface area contributed by atoms with E-state index in [-0.39, 0.29) is 12.3 Å². The first kappa shape index (κ1) is 23.2. The Kier molecular flexibility index (Phi) is 9.14. The highest BCUT2D eigenvalue weighted by Crippen LogP contribution is 2.27. The van der Waals surface area contributed by atoms with Crippen molar-refractivity contribution in [3.8, 4) is 17.2 Å². The normalized spacial score (nSPS) is 10.5. The molecule has 0 aromatic heterocycles. The first-order chi connectivity index (χ1) is 14.5. The fraction of sp³-hybridized carbons (Fsp3) is 0.286. The number of ether oxygens (including phenoxy) is 3. The molecule has 2 rings (SSSR count). The highest BCUT2D eigenvalue weighted by molar-refractivity contribution is 9.10. The average molecular weight is 478 g/mol. The molecule has 0 unspecified atom stereocenters. The van der Waals surface area contributed by atoms with Crippen LogP contribution in [0.15, 0.2) is 46.0 Å². The molecule has 0 radical (unpaired) electrons. The molecule has 0 aliphatic carbocycles. The quantitative estimate of drug-likeness (QED) is 0.311. The van der Waals surface area contributed by atoms with Gasteiger partial charge in [0.15, 0.2) is 11.5 Å². The van der Waals surface area contributed by atoms with Gasteiger partial charge in [-0.05, 0) is 42.3 Å². The number of hydrogen-bond acceptors (Lipinski definition) is 6. The van der Waals surface area contributed by atoms with Gasteiger partial charge in [0.1, 0.15) is 12.2 Å². The lowest BCUT2D eigenvalue weighted by Crippen LogP contribution is -2.31. The van der Waals surface area contributed by atoms with Gasteiger partial charge in [-0.25, -0.2) is 5.43 Å². The van der Waals surface area contributed by atoms with E-state index in [4.69, 9.17) is 14.2 Å². The van der Waals surface area contributed by atoms with Crippen LogP contribution < -0.4 is 25.0 Å². The second-order valence-electron chi connectivity index (χ2n) is 6.15. The van der Waals surface area contributed by atoms with Crippen molar-refractivity contribution in [3.05, 3.63) is 52.0 Å². The van der Waals surface area contributed by atoms with Gasteiger partial charge in [0.2, 0.25) is 11.8 Å². The van der Waals surface area contributed by atoms with Gasteiger partial charge < -0.3 is 19.5 Å². The van der Waals surface area contributed by atoms with Crippen LogP contribution in [-0.4, -0.2) is 45.9 Å². The van der Waals surface area contributed by atoms with Crippen LogP contribution in [0.25, 0.3) is 0 Å². The van der Waals surface area contributed by atoms with E-state index >= 15 is 0 Å². The summed E-state index contributed by atoms with van der Waals surface area (Å²) in [7, 11) is 4.69. The summed E-state index contributed by atoms with van der Waals surface area (Å²) in [6, 6.07) is 11.0. The maximum atomic E-state index is 12.0. The third-order valence-electron chi connectivity index (χ3n) is 4.09. The Morgan fingerprint density at radius 1 is 0.967 bits per heavy atom. The number of benzene rings is 2. The molecule has 0 spiro atoms. The van der Waals surface area contributed by atoms with Crippen molar-refractivity contribution >= 4 is 34.0 Å².